The number of unbranched alkanes of at least 4 members (excludes halogenated alkanes) is 1. The van der Waals surface area contributed by atoms with Crippen LogP contribution in [0.4, 0.5) is 4.69 Å². The van der Waals surface area contributed by atoms with E-state index in [1.165, 1.54) is 0 Å². The SMILES string of the molecule is CCCCc1[se]c(NC(=O)c2cc(O)c(O)c(O)c2)nc1-c1ccc(O)cc1. The van der Waals surface area contributed by atoms with Gasteiger partial charge in [0.05, 0.1) is 0 Å². The molecule has 0 aliphatic carbocycles. The Morgan fingerprint density at radius 1 is 1.07 bits per heavy atom. The molecule has 8 heteroatoms. The van der Waals surface area contributed by atoms with E-state index in [1.807, 2.05) is 0 Å². The average Bonchev–Trinajstić information content (AvgIpc) is 3.07. The molecular formula is C20H20N2O5Se. The van der Waals surface area contributed by atoms with Crippen LogP contribution in [0.1, 0.15) is 34.6 Å². The van der Waals surface area contributed by atoms with E-state index in [0.717, 1.165) is 47.1 Å². The van der Waals surface area contributed by atoms with Gasteiger partial charge in [0.15, 0.2) is 0 Å². The number of phenolic OH excluding ortho intramolecular Hbond substituents is 4. The van der Waals surface area contributed by atoms with E-state index in [9.17, 15) is 25.2 Å². The number of rotatable bonds is 6. The number of carbonyl (C=O) groups is 1. The summed E-state index contributed by atoms with van der Waals surface area (Å²) in [6.07, 6.45) is 2.92. The van der Waals surface area contributed by atoms with Crippen molar-refractivity contribution in [3.63, 3.8) is 0 Å². The predicted molar refractivity (Wildman–Crippen MR) is 106 cm³/mol. The van der Waals surface area contributed by atoms with Gasteiger partial charge in [-0.15, -0.1) is 0 Å². The third kappa shape index (κ3) is 4.30. The molecule has 1 amide bonds. The first-order valence-corrected chi connectivity index (χ1v) is 10.5. The fourth-order valence-electron chi connectivity index (χ4n) is 2.66. The molecular weight excluding hydrogens is 427 g/mol. The predicted octanol–water partition coefficient (Wildman–Crippen LogP) is 3.22. The first kappa shape index (κ1) is 19.8. The fraction of sp³-hybridized carbons (Fsp3) is 0.200. The van der Waals surface area contributed by atoms with Crippen molar-refractivity contribution in [2.45, 2.75) is 26.2 Å². The van der Waals surface area contributed by atoms with Crippen LogP contribution < -0.4 is 5.32 Å². The molecule has 5 N–H and O–H groups in total. The van der Waals surface area contributed by atoms with Crippen LogP contribution in [0, 0.1) is 0 Å². The summed E-state index contributed by atoms with van der Waals surface area (Å²) >= 11 is -0.168. The number of benzene rings is 2. The molecule has 0 unspecified atom stereocenters. The van der Waals surface area contributed by atoms with Crippen LogP contribution in [0.3, 0.4) is 0 Å². The number of anilines is 1. The van der Waals surface area contributed by atoms with Gasteiger partial charge in [0.25, 0.3) is 0 Å². The van der Waals surface area contributed by atoms with Crippen molar-refractivity contribution in [2.24, 2.45) is 0 Å². The first-order chi connectivity index (χ1) is 13.4. The number of amides is 1. The summed E-state index contributed by atoms with van der Waals surface area (Å²) in [6, 6.07) is 8.94. The minimum absolute atomic E-state index is 0.0134. The number of phenols is 4. The van der Waals surface area contributed by atoms with Crippen molar-refractivity contribution >= 4 is 25.1 Å². The Bertz CT molecular complexity index is 975. The second-order valence-corrected chi connectivity index (χ2v) is 8.53. The van der Waals surface area contributed by atoms with E-state index < -0.39 is 23.2 Å². The summed E-state index contributed by atoms with van der Waals surface area (Å²) in [6.45, 7) is 2.11. The summed E-state index contributed by atoms with van der Waals surface area (Å²) in [7, 11) is 0. The number of aromatic nitrogens is 1. The molecule has 7 nitrogen and oxygen atoms in total. The molecule has 0 radical (unpaired) electrons. The quantitative estimate of drug-likeness (QED) is 0.292. The maximum atomic E-state index is 12.5. The number of carbonyl (C=O) groups excluding carboxylic acids is 1. The Labute approximate surface area is 167 Å². The topological polar surface area (TPSA) is 123 Å². The molecule has 3 rings (SSSR count). The van der Waals surface area contributed by atoms with Gasteiger partial charge in [-0.1, -0.05) is 0 Å². The standard InChI is InChI=1S/C20H20N2O5Se/c1-2-3-4-16-17(11-5-7-13(23)8-6-11)21-20(28-16)22-19(27)12-9-14(24)18(26)15(25)10-12/h5-10,23-26H,2-4H2,1H3,(H,21,22,27). The summed E-state index contributed by atoms with van der Waals surface area (Å²) in [5, 5.41) is 40.8. The van der Waals surface area contributed by atoms with Gasteiger partial charge in [-0.2, -0.15) is 0 Å². The average molecular weight is 447 g/mol. The van der Waals surface area contributed by atoms with E-state index in [4.69, 9.17) is 0 Å². The van der Waals surface area contributed by atoms with Gasteiger partial charge in [-0.25, -0.2) is 0 Å². The summed E-state index contributed by atoms with van der Waals surface area (Å²) < 4.78 is 1.69. The molecule has 1 heterocycles. The Morgan fingerprint density at radius 3 is 2.32 bits per heavy atom. The van der Waals surface area contributed by atoms with E-state index in [0.29, 0.717) is 4.69 Å². The van der Waals surface area contributed by atoms with E-state index in [1.54, 1.807) is 24.3 Å². The molecule has 0 saturated carbocycles. The molecule has 0 spiro atoms. The number of hydrogen-bond donors (Lipinski definition) is 5. The number of aromatic hydroxyl groups is 4. The van der Waals surface area contributed by atoms with Crippen molar-refractivity contribution in [3.8, 4) is 34.3 Å². The molecule has 0 atom stereocenters. The number of nitrogens with one attached hydrogen (secondary N) is 1. The zero-order chi connectivity index (χ0) is 20.3. The van der Waals surface area contributed by atoms with E-state index in [-0.39, 0.29) is 25.8 Å². The Kier molecular flexibility index (Phi) is 5.92. The molecule has 28 heavy (non-hydrogen) atoms. The summed E-state index contributed by atoms with van der Waals surface area (Å²) in [4.78, 5) is 17.1. The van der Waals surface area contributed by atoms with Crippen LogP contribution in [-0.4, -0.2) is 45.8 Å². The van der Waals surface area contributed by atoms with Gasteiger partial charge in [0, 0.05) is 0 Å². The normalized spacial score (nSPS) is 10.8. The Morgan fingerprint density at radius 2 is 1.71 bits per heavy atom. The van der Waals surface area contributed by atoms with Gasteiger partial charge < -0.3 is 0 Å². The van der Waals surface area contributed by atoms with Crippen molar-refractivity contribution < 1.29 is 25.2 Å². The van der Waals surface area contributed by atoms with Crippen LogP contribution in [0.2, 0.25) is 0 Å². The molecule has 1 aromatic heterocycles. The van der Waals surface area contributed by atoms with Crippen LogP contribution in [0.25, 0.3) is 11.3 Å². The zero-order valence-electron chi connectivity index (χ0n) is 15.1. The molecule has 0 aliphatic heterocycles. The second kappa shape index (κ2) is 8.37. The van der Waals surface area contributed by atoms with Crippen LogP contribution in [0.5, 0.6) is 23.0 Å². The Balaban J connectivity index is 1.89. The van der Waals surface area contributed by atoms with Crippen molar-refractivity contribution in [3.05, 3.63) is 46.4 Å². The molecule has 2 aromatic carbocycles. The fourth-order valence-corrected chi connectivity index (χ4v) is 4.80. The number of nitrogens with zero attached hydrogens (tertiary/aromatic N) is 1. The van der Waals surface area contributed by atoms with Gasteiger partial charge in [0.1, 0.15) is 0 Å². The van der Waals surface area contributed by atoms with Gasteiger partial charge in [-0.3, -0.25) is 0 Å². The molecule has 0 bridgehead atoms. The van der Waals surface area contributed by atoms with E-state index in [2.05, 4.69) is 17.2 Å². The van der Waals surface area contributed by atoms with Crippen LogP contribution in [-0.2, 0) is 6.42 Å². The zero-order valence-corrected chi connectivity index (χ0v) is 16.9. The van der Waals surface area contributed by atoms with Crippen molar-refractivity contribution in [1.82, 2.24) is 4.98 Å². The van der Waals surface area contributed by atoms with Crippen molar-refractivity contribution in [1.29, 1.82) is 0 Å². The van der Waals surface area contributed by atoms with Gasteiger partial charge in [-0.05, 0) is 0 Å². The summed E-state index contributed by atoms with van der Waals surface area (Å²) in [5.41, 5.74) is 1.69. The second-order valence-electron chi connectivity index (χ2n) is 6.26. The van der Waals surface area contributed by atoms with Crippen LogP contribution >= 0.6 is 0 Å². The molecule has 3 aromatic rings. The number of hydrogen-bond acceptors (Lipinski definition) is 6. The van der Waals surface area contributed by atoms with Crippen LogP contribution in [0.15, 0.2) is 36.4 Å². The molecule has 0 saturated heterocycles. The van der Waals surface area contributed by atoms with Gasteiger partial charge in [0.2, 0.25) is 0 Å². The number of aryl methyl sites for hydroxylation is 1. The minimum atomic E-state index is -0.669. The van der Waals surface area contributed by atoms with E-state index >= 15 is 0 Å². The molecule has 0 fully saturated rings. The van der Waals surface area contributed by atoms with Gasteiger partial charge >= 0.3 is 167 Å². The monoisotopic (exact) mass is 448 g/mol. The summed E-state index contributed by atoms with van der Waals surface area (Å²) in [5.74, 6) is -2.18. The van der Waals surface area contributed by atoms with Crippen molar-refractivity contribution in [2.75, 3.05) is 5.32 Å². The third-order valence-corrected chi connectivity index (χ3v) is 6.31. The maximum absolute atomic E-state index is 12.5. The first-order valence-electron chi connectivity index (χ1n) is 8.74. The molecule has 0 aliphatic rings. The Hall–Kier alpha value is -2.96. The third-order valence-electron chi connectivity index (χ3n) is 4.15. The molecule has 146 valence electrons.